The van der Waals surface area contributed by atoms with Gasteiger partial charge in [0.2, 0.25) is 0 Å². The standard InChI is InChI=1S/C31H50O2/c1-20(32)33-26-14-16-29(6)24(28(26,4)5)13-18-31(8)25(29)10-9-23-22-19-27(2,3)15-11-21(22)12-17-30(23,31)7/h23-26H,9-19H2,1-8H3. The Balaban J connectivity index is 1.49. The molecule has 0 saturated heterocycles. The van der Waals surface area contributed by atoms with Gasteiger partial charge in [0.25, 0.3) is 0 Å². The molecule has 33 heavy (non-hydrogen) atoms. The van der Waals surface area contributed by atoms with Crippen molar-refractivity contribution in [1.82, 2.24) is 0 Å². The van der Waals surface area contributed by atoms with E-state index in [2.05, 4.69) is 48.5 Å². The van der Waals surface area contributed by atoms with Crippen LogP contribution in [0, 0.1) is 44.8 Å². The molecule has 186 valence electrons. The number of allylic oxidation sites excluding steroid dienone is 2. The van der Waals surface area contributed by atoms with Gasteiger partial charge < -0.3 is 4.74 Å². The van der Waals surface area contributed by atoms with E-state index in [1.165, 1.54) is 64.2 Å². The molecule has 0 bridgehead atoms. The van der Waals surface area contributed by atoms with Gasteiger partial charge in [0.15, 0.2) is 0 Å². The zero-order valence-electron chi connectivity index (χ0n) is 22.9. The normalized spacial score (nSPS) is 48.1. The van der Waals surface area contributed by atoms with Gasteiger partial charge in [-0.3, -0.25) is 4.79 Å². The van der Waals surface area contributed by atoms with Gasteiger partial charge >= 0.3 is 5.97 Å². The van der Waals surface area contributed by atoms with Crippen LogP contribution in [0.1, 0.15) is 126 Å². The summed E-state index contributed by atoms with van der Waals surface area (Å²) in [6.45, 7) is 19.5. The van der Waals surface area contributed by atoms with Gasteiger partial charge in [-0.15, -0.1) is 0 Å². The largest absolute Gasteiger partial charge is 0.462 e. The minimum absolute atomic E-state index is 0.0629. The van der Waals surface area contributed by atoms with Crippen molar-refractivity contribution in [2.24, 2.45) is 44.8 Å². The maximum Gasteiger partial charge on any atom is 0.302 e. The van der Waals surface area contributed by atoms with Crippen molar-refractivity contribution in [3.05, 3.63) is 11.1 Å². The molecule has 5 aliphatic rings. The summed E-state index contributed by atoms with van der Waals surface area (Å²) < 4.78 is 5.90. The van der Waals surface area contributed by atoms with Crippen LogP contribution in [0.5, 0.6) is 0 Å². The van der Waals surface area contributed by atoms with E-state index < -0.39 is 0 Å². The fraction of sp³-hybridized carbons (Fsp3) is 0.903. The molecule has 3 saturated carbocycles. The second-order valence-electron chi connectivity index (χ2n) is 15.0. The van der Waals surface area contributed by atoms with Crippen LogP contribution in [0.25, 0.3) is 0 Å². The number of rotatable bonds is 1. The number of ether oxygens (including phenoxy) is 1. The van der Waals surface area contributed by atoms with Crippen molar-refractivity contribution in [2.75, 3.05) is 0 Å². The minimum Gasteiger partial charge on any atom is -0.462 e. The average Bonchev–Trinajstić information content (AvgIpc) is 2.70. The maximum atomic E-state index is 11.9. The Bertz CT molecular complexity index is 864. The first-order chi connectivity index (χ1) is 15.2. The first kappa shape index (κ1) is 23.9. The lowest BCUT2D eigenvalue weighted by Gasteiger charge is -2.71. The summed E-state index contributed by atoms with van der Waals surface area (Å²) in [5, 5.41) is 0. The molecule has 2 heteroatoms. The highest BCUT2D eigenvalue weighted by atomic mass is 16.5. The number of carbonyl (C=O) groups is 1. The quantitative estimate of drug-likeness (QED) is 0.293. The zero-order valence-corrected chi connectivity index (χ0v) is 22.9. The van der Waals surface area contributed by atoms with Crippen molar-refractivity contribution in [3.8, 4) is 0 Å². The van der Waals surface area contributed by atoms with Crippen LogP contribution in [0.4, 0.5) is 0 Å². The van der Waals surface area contributed by atoms with E-state index >= 15 is 0 Å². The summed E-state index contributed by atoms with van der Waals surface area (Å²) in [6, 6.07) is 0. The molecule has 0 spiro atoms. The maximum absolute atomic E-state index is 11.9. The molecule has 7 atom stereocenters. The van der Waals surface area contributed by atoms with E-state index in [1.54, 1.807) is 6.92 Å². The number of hydrogen-bond acceptors (Lipinski definition) is 2. The fourth-order valence-electron chi connectivity index (χ4n) is 10.8. The van der Waals surface area contributed by atoms with Crippen molar-refractivity contribution in [3.63, 3.8) is 0 Å². The van der Waals surface area contributed by atoms with Gasteiger partial charge in [0, 0.05) is 12.3 Å². The summed E-state index contributed by atoms with van der Waals surface area (Å²) in [6.07, 6.45) is 14.7. The number of carbonyl (C=O) groups excluding carboxylic acids is 1. The highest BCUT2D eigenvalue weighted by Crippen LogP contribution is 2.75. The van der Waals surface area contributed by atoms with Crippen LogP contribution < -0.4 is 0 Å². The van der Waals surface area contributed by atoms with E-state index in [1.807, 2.05) is 11.1 Å². The lowest BCUT2D eigenvalue weighted by molar-refractivity contribution is -0.229. The predicted octanol–water partition coefficient (Wildman–Crippen LogP) is 8.49. The van der Waals surface area contributed by atoms with E-state index in [-0.39, 0.29) is 17.5 Å². The van der Waals surface area contributed by atoms with Gasteiger partial charge in [-0.2, -0.15) is 0 Å². The van der Waals surface area contributed by atoms with Gasteiger partial charge in [-0.05, 0) is 110 Å². The molecule has 7 unspecified atom stereocenters. The molecule has 5 rings (SSSR count). The third-order valence-electron chi connectivity index (χ3n) is 12.7. The van der Waals surface area contributed by atoms with Crippen LogP contribution in [0.2, 0.25) is 0 Å². The average molecular weight is 455 g/mol. The molecule has 0 aromatic carbocycles. The monoisotopic (exact) mass is 454 g/mol. The fourth-order valence-corrected chi connectivity index (χ4v) is 10.8. The molecule has 0 aromatic heterocycles. The lowest BCUT2D eigenvalue weighted by Crippen LogP contribution is -2.65. The van der Waals surface area contributed by atoms with E-state index in [0.717, 1.165) is 18.3 Å². The smallest absolute Gasteiger partial charge is 0.302 e. The summed E-state index contributed by atoms with van der Waals surface area (Å²) in [5.41, 5.74) is 5.54. The third-order valence-corrected chi connectivity index (χ3v) is 12.7. The second kappa shape index (κ2) is 7.36. The Morgan fingerprint density at radius 3 is 2.18 bits per heavy atom. The van der Waals surface area contributed by atoms with Crippen LogP contribution >= 0.6 is 0 Å². The molecule has 0 aromatic rings. The lowest BCUT2D eigenvalue weighted by atomic mass is 9.33. The van der Waals surface area contributed by atoms with Gasteiger partial charge in [0.1, 0.15) is 6.10 Å². The molecule has 0 heterocycles. The second-order valence-corrected chi connectivity index (χ2v) is 15.0. The van der Waals surface area contributed by atoms with E-state index in [9.17, 15) is 4.79 Å². The van der Waals surface area contributed by atoms with Gasteiger partial charge in [-0.1, -0.05) is 59.6 Å². The van der Waals surface area contributed by atoms with E-state index in [0.29, 0.717) is 27.6 Å². The molecule has 0 amide bonds. The summed E-state index contributed by atoms with van der Waals surface area (Å²) in [5.74, 6) is 2.15. The van der Waals surface area contributed by atoms with Crippen LogP contribution in [0.3, 0.4) is 0 Å². The van der Waals surface area contributed by atoms with Gasteiger partial charge in [-0.25, -0.2) is 0 Å². The molecular weight excluding hydrogens is 404 g/mol. The Morgan fingerprint density at radius 1 is 0.788 bits per heavy atom. The van der Waals surface area contributed by atoms with Crippen LogP contribution in [0.15, 0.2) is 11.1 Å². The Morgan fingerprint density at radius 2 is 1.48 bits per heavy atom. The number of hydrogen-bond donors (Lipinski definition) is 0. The molecule has 0 radical (unpaired) electrons. The zero-order chi connectivity index (χ0) is 24.0. The molecule has 2 nitrogen and oxygen atoms in total. The number of fused-ring (bicyclic) bond motifs is 6. The summed E-state index contributed by atoms with van der Waals surface area (Å²) in [4.78, 5) is 11.9. The summed E-state index contributed by atoms with van der Waals surface area (Å²) in [7, 11) is 0. The van der Waals surface area contributed by atoms with Crippen LogP contribution in [-0.4, -0.2) is 12.1 Å². The van der Waals surface area contributed by atoms with Gasteiger partial charge in [0.05, 0.1) is 0 Å². The molecule has 5 aliphatic carbocycles. The van der Waals surface area contributed by atoms with Crippen molar-refractivity contribution >= 4 is 5.97 Å². The Kier molecular flexibility index (Phi) is 5.34. The summed E-state index contributed by atoms with van der Waals surface area (Å²) >= 11 is 0. The minimum atomic E-state index is -0.105. The molecule has 0 aliphatic heterocycles. The molecule has 3 fully saturated rings. The number of esters is 1. The third kappa shape index (κ3) is 3.27. The van der Waals surface area contributed by atoms with Crippen molar-refractivity contribution < 1.29 is 9.53 Å². The predicted molar refractivity (Wildman–Crippen MR) is 136 cm³/mol. The molecular formula is C31H50O2. The topological polar surface area (TPSA) is 26.3 Å². The molecule has 0 N–H and O–H groups in total. The van der Waals surface area contributed by atoms with Crippen molar-refractivity contribution in [2.45, 2.75) is 132 Å². The highest BCUT2D eigenvalue weighted by Gasteiger charge is 2.67. The Labute approximate surface area is 203 Å². The van der Waals surface area contributed by atoms with Crippen LogP contribution in [-0.2, 0) is 9.53 Å². The van der Waals surface area contributed by atoms with E-state index in [4.69, 9.17) is 4.74 Å². The highest BCUT2D eigenvalue weighted by molar-refractivity contribution is 5.66. The first-order valence-electron chi connectivity index (χ1n) is 14.1. The van der Waals surface area contributed by atoms with Crippen molar-refractivity contribution in [1.29, 1.82) is 0 Å². The SMILES string of the molecule is CC(=O)OC1CCC2(C)C(CCC3(C)C2CCC2C4=C(CCC(C)(C)C4)CCC23C)C1(C)C. The Hall–Kier alpha value is -0.790. The first-order valence-corrected chi connectivity index (χ1v) is 14.1.